The zero-order valence-corrected chi connectivity index (χ0v) is 20.1. The van der Waals surface area contributed by atoms with Gasteiger partial charge in [0.05, 0.1) is 16.1 Å². The van der Waals surface area contributed by atoms with Crippen LogP contribution >= 0.6 is 11.8 Å². The molecule has 0 unspecified atom stereocenters. The summed E-state index contributed by atoms with van der Waals surface area (Å²) in [5.41, 5.74) is 0.975. The molecule has 2 fully saturated rings. The molecule has 12 heteroatoms. The van der Waals surface area contributed by atoms with Crippen LogP contribution in [0.4, 0.5) is 10.7 Å². The second-order valence-corrected chi connectivity index (χ2v) is 11.0. The minimum Gasteiger partial charge on any atom is -0.351 e. The summed E-state index contributed by atoms with van der Waals surface area (Å²) in [5.74, 6) is -0.0203. The smallest absolute Gasteiger partial charge is 0.290 e. The Morgan fingerprint density at radius 3 is 2.51 bits per heavy atom. The molecule has 1 saturated carbocycles. The summed E-state index contributed by atoms with van der Waals surface area (Å²) in [5, 5.41) is 5.88. The molecule has 1 aliphatic carbocycles. The molecule has 1 aromatic carbocycles. The van der Waals surface area contributed by atoms with Gasteiger partial charge in [0.1, 0.15) is 4.90 Å². The largest absolute Gasteiger partial charge is 0.351 e. The zero-order chi connectivity index (χ0) is 24.4. The standard InChI is InChI=1S/C23H22N6O4S2/c30-21-18(34-23(31)28-21)13-17-10-12-25-22(27-17)26-15-6-8-16(9-7-15)29-35(32,33)19-5-1-3-14-4-2-11-24-20(14)19/h1-5,10-13,15-16,29H,6-9H2,(H,25,26,27)(H,28,30,31). The fraction of sp³-hybridized carbons (Fsp3) is 0.261. The molecule has 2 aromatic heterocycles. The van der Waals surface area contributed by atoms with Crippen molar-refractivity contribution in [2.75, 3.05) is 5.32 Å². The third kappa shape index (κ3) is 5.34. The lowest BCUT2D eigenvalue weighted by Gasteiger charge is -2.29. The van der Waals surface area contributed by atoms with E-state index in [4.69, 9.17) is 0 Å². The van der Waals surface area contributed by atoms with Crippen molar-refractivity contribution in [2.24, 2.45) is 0 Å². The predicted octanol–water partition coefficient (Wildman–Crippen LogP) is 3.05. The van der Waals surface area contributed by atoms with E-state index in [-0.39, 0.29) is 21.9 Å². The SMILES string of the molecule is O=C1NC(=O)C(=Cc2ccnc(NC3CCC(NS(=O)(=O)c4cccc5cccnc45)CC3)n2)S1. The summed E-state index contributed by atoms with van der Waals surface area (Å²) in [7, 11) is -3.71. The molecule has 1 saturated heterocycles. The Labute approximate surface area is 206 Å². The van der Waals surface area contributed by atoms with Crippen molar-refractivity contribution >= 4 is 55.9 Å². The van der Waals surface area contributed by atoms with Crippen LogP contribution in [0.15, 0.2) is 58.6 Å². The Kier molecular flexibility index (Phi) is 6.50. The Hall–Kier alpha value is -3.35. The van der Waals surface area contributed by atoms with Crippen molar-refractivity contribution in [3.8, 4) is 0 Å². The summed E-state index contributed by atoms with van der Waals surface area (Å²) < 4.78 is 29.0. The number of rotatable bonds is 6. The number of hydrogen-bond acceptors (Lipinski definition) is 9. The number of nitrogens with zero attached hydrogens (tertiary/aromatic N) is 3. The van der Waals surface area contributed by atoms with Gasteiger partial charge in [0, 0.05) is 29.9 Å². The van der Waals surface area contributed by atoms with Gasteiger partial charge in [0.25, 0.3) is 11.1 Å². The highest BCUT2D eigenvalue weighted by molar-refractivity contribution is 8.18. The molecule has 10 nitrogen and oxygen atoms in total. The average Bonchev–Trinajstić information content (AvgIpc) is 3.16. The number of carbonyl (C=O) groups is 2. The van der Waals surface area contributed by atoms with Gasteiger partial charge in [-0.05, 0) is 61.7 Å². The molecule has 180 valence electrons. The molecular weight excluding hydrogens is 488 g/mol. The molecule has 5 rings (SSSR count). The van der Waals surface area contributed by atoms with Crippen LogP contribution in [0.1, 0.15) is 31.4 Å². The van der Waals surface area contributed by atoms with Crippen molar-refractivity contribution in [1.82, 2.24) is 25.0 Å². The number of thioether (sulfide) groups is 1. The maximum absolute atomic E-state index is 13.1. The lowest BCUT2D eigenvalue weighted by molar-refractivity contribution is -0.115. The van der Waals surface area contributed by atoms with E-state index in [1.54, 1.807) is 42.7 Å². The molecule has 2 amide bonds. The minimum absolute atomic E-state index is 0.0867. The first-order valence-corrected chi connectivity index (χ1v) is 13.4. The molecule has 3 heterocycles. The van der Waals surface area contributed by atoms with E-state index in [1.807, 2.05) is 12.1 Å². The van der Waals surface area contributed by atoms with Gasteiger partial charge in [-0.1, -0.05) is 18.2 Å². The third-order valence-corrected chi connectivity index (χ3v) is 8.23. The van der Waals surface area contributed by atoms with Crippen LogP contribution in [0.25, 0.3) is 17.0 Å². The Balaban J connectivity index is 1.20. The van der Waals surface area contributed by atoms with Crippen molar-refractivity contribution in [3.63, 3.8) is 0 Å². The van der Waals surface area contributed by atoms with Crippen LogP contribution in [-0.4, -0.2) is 46.6 Å². The molecule has 0 spiro atoms. The van der Waals surface area contributed by atoms with Crippen LogP contribution < -0.4 is 15.4 Å². The molecule has 3 N–H and O–H groups in total. The second-order valence-electron chi connectivity index (χ2n) is 8.30. The van der Waals surface area contributed by atoms with E-state index in [0.717, 1.165) is 30.0 Å². The van der Waals surface area contributed by atoms with E-state index in [1.165, 1.54) is 0 Å². The third-order valence-electron chi connectivity index (χ3n) is 5.87. The number of imide groups is 1. The van der Waals surface area contributed by atoms with Crippen LogP contribution in [0, 0.1) is 0 Å². The highest BCUT2D eigenvalue weighted by Crippen LogP contribution is 2.27. The maximum atomic E-state index is 13.1. The van der Waals surface area contributed by atoms with E-state index in [0.29, 0.717) is 30.0 Å². The average molecular weight is 511 g/mol. The summed E-state index contributed by atoms with van der Waals surface area (Å²) in [4.78, 5) is 36.5. The highest BCUT2D eigenvalue weighted by atomic mass is 32.2. The monoisotopic (exact) mass is 510 g/mol. The first-order chi connectivity index (χ1) is 16.9. The van der Waals surface area contributed by atoms with Crippen LogP contribution in [-0.2, 0) is 14.8 Å². The van der Waals surface area contributed by atoms with Gasteiger partial charge in [-0.2, -0.15) is 0 Å². The van der Waals surface area contributed by atoms with Crippen LogP contribution in [0.2, 0.25) is 0 Å². The molecular formula is C23H22N6O4S2. The van der Waals surface area contributed by atoms with E-state index >= 15 is 0 Å². The van der Waals surface area contributed by atoms with Crippen molar-refractivity contribution in [3.05, 3.63) is 59.4 Å². The van der Waals surface area contributed by atoms with Gasteiger partial charge in [-0.3, -0.25) is 19.9 Å². The normalized spacial score (nSPS) is 21.9. The summed E-state index contributed by atoms with van der Waals surface area (Å²) in [6, 6.07) is 10.3. The maximum Gasteiger partial charge on any atom is 0.290 e. The number of para-hydroxylation sites is 1. The minimum atomic E-state index is -3.71. The van der Waals surface area contributed by atoms with Gasteiger partial charge in [0.2, 0.25) is 16.0 Å². The van der Waals surface area contributed by atoms with Gasteiger partial charge < -0.3 is 5.32 Å². The Bertz CT molecular complexity index is 1430. The van der Waals surface area contributed by atoms with Gasteiger partial charge in [0.15, 0.2) is 0 Å². The molecule has 0 atom stereocenters. The topological polar surface area (TPSA) is 143 Å². The quantitative estimate of drug-likeness (QED) is 0.426. The number of sulfonamides is 1. The van der Waals surface area contributed by atoms with Crippen molar-refractivity contribution in [2.45, 2.75) is 42.7 Å². The van der Waals surface area contributed by atoms with Gasteiger partial charge in [-0.15, -0.1) is 0 Å². The van der Waals surface area contributed by atoms with E-state index in [2.05, 4.69) is 30.3 Å². The zero-order valence-electron chi connectivity index (χ0n) is 18.5. The molecule has 35 heavy (non-hydrogen) atoms. The second kappa shape index (κ2) is 9.72. The lowest BCUT2D eigenvalue weighted by atomic mass is 9.92. The van der Waals surface area contributed by atoms with Crippen LogP contribution in [0.5, 0.6) is 0 Å². The van der Waals surface area contributed by atoms with E-state index < -0.39 is 21.2 Å². The molecule has 0 bridgehead atoms. The number of aromatic nitrogens is 3. The Morgan fingerprint density at radius 2 is 1.74 bits per heavy atom. The number of hydrogen-bond donors (Lipinski definition) is 3. The van der Waals surface area contributed by atoms with Gasteiger partial charge in [-0.25, -0.2) is 23.1 Å². The first-order valence-electron chi connectivity index (χ1n) is 11.1. The fourth-order valence-electron chi connectivity index (χ4n) is 4.19. The highest BCUT2D eigenvalue weighted by Gasteiger charge is 2.28. The molecule has 0 radical (unpaired) electrons. The number of fused-ring (bicyclic) bond motifs is 1. The number of anilines is 1. The van der Waals surface area contributed by atoms with Crippen molar-refractivity contribution < 1.29 is 18.0 Å². The number of amides is 2. The molecule has 1 aliphatic heterocycles. The van der Waals surface area contributed by atoms with Gasteiger partial charge >= 0.3 is 0 Å². The molecule has 3 aromatic rings. The predicted molar refractivity (Wildman–Crippen MR) is 133 cm³/mol. The fourth-order valence-corrected chi connectivity index (χ4v) is 6.34. The number of carbonyl (C=O) groups excluding carboxylic acids is 2. The van der Waals surface area contributed by atoms with Crippen LogP contribution in [0.3, 0.4) is 0 Å². The molecule has 2 aliphatic rings. The summed E-state index contributed by atoms with van der Waals surface area (Å²) in [6.45, 7) is 0. The first kappa shape index (κ1) is 23.4. The number of nitrogens with one attached hydrogen (secondary N) is 3. The Morgan fingerprint density at radius 1 is 0.971 bits per heavy atom. The number of benzene rings is 1. The number of pyridine rings is 1. The van der Waals surface area contributed by atoms with Crippen molar-refractivity contribution in [1.29, 1.82) is 0 Å². The summed E-state index contributed by atoms with van der Waals surface area (Å²) >= 11 is 0.834. The lowest BCUT2D eigenvalue weighted by Crippen LogP contribution is -2.40. The van der Waals surface area contributed by atoms with E-state index in [9.17, 15) is 18.0 Å². The summed E-state index contributed by atoms with van der Waals surface area (Å²) in [6.07, 6.45) is 7.53.